The highest BCUT2D eigenvalue weighted by Gasteiger charge is 2.24. The van der Waals surface area contributed by atoms with Crippen LogP contribution in [-0.4, -0.2) is 17.7 Å². The van der Waals surface area contributed by atoms with Crippen molar-refractivity contribution in [3.63, 3.8) is 0 Å². The van der Waals surface area contributed by atoms with E-state index in [0.717, 1.165) is 27.0 Å². The van der Waals surface area contributed by atoms with Crippen LogP contribution in [0, 0.1) is 11.3 Å². The molecule has 1 saturated heterocycles. The molecule has 1 N–H and O–H groups in total. The van der Waals surface area contributed by atoms with Crippen molar-refractivity contribution in [1.82, 2.24) is 5.32 Å². The zero-order valence-corrected chi connectivity index (χ0v) is 20.7. The Labute approximate surface area is 210 Å². The molecule has 0 atom stereocenters. The molecule has 8 heteroatoms. The van der Waals surface area contributed by atoms with Crippen LogP contribution in [0.25, 0.3) is 6.08 Å². The summed E-state index contributed by atoms with van der Waals surface area (Å²) in [7, 11) is 0. The van der Waals surface area contributed by atoms with Gasteiger partial charge in [0, 0.05) is 5.56 Å². The minimum absolute atomic E-state index is 0.195. The van der Waals surface area contributed by atoms with Gasteiger partial charge in [0.2, 0.25) is 0 Å². The molecular formula is C26H20BrN3O3S. The third-order valence-electron chi connectivity index (χ3n) is 4.80. The van der Waals surface area contributed by atoms with Gasteiger partial charge >= 0.3 is 0 Å². The molecule has 4 rings (SSSR count). The number of rotatable bonds is 7. The largest absolute Gasteiger partial charge is 0.494 e. The van der Waals surface area contributed by atoms with Crippen molar-refractivity contribution in [3.8, 4) is 17.6 Å². The number of amides is 1. The van der Waals surface area contributed by atoms with Gasteiger partial charge in [-0.05, 0) is 88.7 Å². The number of hydrogen-bond acceptors (Lipinski definition) is 6. The van der Waals surface area contributed by atoms with E-state index in [9.17, 15) is 10.1 Å². The standard InChI is InChI=1S/C26H20BrN3O3S/c1-2-32-21-10-8-20(9-11-21)29-26-30-25(31)24(34-26)14-17-7-12-23(22(27)13-17)33-16-19-6-4-3-5-18(19)15-28/h3-14H,2,16H2,1H3,(H,29,30,31)/b24-14-. The highest BCUT2D eigenvalue weighted by atomic mass is 79.9. The number of hydrogen-bond donors (Lipinski definition) is 1. The number of amidine groups is 1. The fourth-order valence-corrected chi connectivity index (χ4v) is 4.52. The van der Waals surface area contributed by atoms with Crippen LogP contribution in [0.3, 0.4) is 0 Å². The summed E-state index contributed by atoms with van der Waals surface area (Å²) in [6.07, 6.45) is 1.81. The first-order chi connectivity index (χ1) is 16.6. The Morgan fingerprint density at radius 1 is 1.12 bits per heavy atom. The van der Waals surface area contributed by atoms with Crippen LogP contribution in [0.5, 0.6) is 11.5 Å². The first kappa shape index (κ1) is 23.6. The summed E-state index contributed by atoms with van der Waals surface area (Å²) in [5.41, 5.74) is 2.99. The Kier molecular flexibility index (Phi) is 7.68. The van der Waals surface area contributed by atoms with E-state index >= 15 is 0 Å². The number of nitriles is 1. The van der Waals surface area contributed by atoms with Gasteiger partial charge < -0.3 is 14.8 Å². The van der Waals surface area contributed by atoms with E-state index in [4.69, 9.17) is 9.47 Å². The zero-order valence-electron chi connectivity index (χ0n) is 18.2. The highest BCUT2D eigenvalue weighted by molar-refractivity contribution is 9.10. The first-order valence-corrected chi connectivity index (χ1v) is 12.1. The molecule has 0 spiro atoms. The molecule has 0 unspecified atom stereocenters. The zero-order chi connectivity index (χ0) is 23.9. The van der Waals surface area contributed by atoms with Crippen molar-refractivity contribution >= 4 is 50.5 Å². The van der Waals surface area contributed by atoms with Crippen molar-refractivity contribution in [2.24, 2.45) is 4.99 Å². The molecule has 0 bridgehead atoms. The third kappa shape index (κ3) is 5.87. The minimum Gasteiger partial charge on any atom is -0.494 e. The molecule has 0 aromatic heterocycles. The Bertz CT molecular complexity index is 1310. The number of aliphatic imine (C=N–C) groups is 1. The molecule has 1 aliphatic heterocycles. The maximum atomic E-state index is 12.4. The van der Waals surface area contributed by atoms with Gasteiger partial charge in [-0.25, -0.2) is 4.99 Å². The lowest BCUT2D eigenvalue weighted by Crippen LogP contribution is -2.19. The summed E-state index contributed by atoms with van der Waals surface area (Å²) in [5, 5.41) is 12.5. The third-order valence-corrected chi connectivity index (χ3v) is 6.33. The summed E-state index contributed by atoms with van der Waals surface area (Å²) in [4.78, 5) is 17.5. The summed E-state index contributed by atoms with van der Waals surface area (Å²) in [6.45, 7) is 2.82. The van der Waals surface area contributed by atoms with E-state index in [-0.39, 0.29) is 12.5 Å². The van der Waals surface area contributed by atoms with Crippen LogP contribution in [0.4, 0.5) is 5.69 Å². The van der Waals surface area contributed by atoms with E-state index in [1.165, 1.54) is 11.8 Å². The normalized spacial score (nSPS) is 15.3. The van der Waals surface area contributed by atoms with Gasteiger partial charge in [0.1, 0.15) is 18.1 Å². The molecule has 1 fully saturated rings. The number of ether oxygens (including phenoxy) is 2. The lowest BCUT2D eigenvalue weighted by molar-refractivity contribution is -0.115. The van der Waals surface area contributed by atoms with E-state index in [0.29, 0.717) is 28.0 Å². The van der Waals surface area contributed by atoms with Gasteiger partial charge in [-0.2, -0.15) is 5.26 Å². The number of carbonyl (C=O) groups is 1. The number of nitrogens with zero attached hydrogens (tertiary/aromatic N) is 2. The molecule has 34 heavy (non-hydrogen) atoms. The average Bonchev–Trinajstić information content (AvgIpc) is 3.18. The van der Waals surface area contributed by atoms with Gasteiger partial charge in [0.15, 0.2) is 5.17 Å². The number of carbonyl (C=O) groups excluding carboxylic acids is 1. The molecule has 0 saturated carbocycles. The second-order valence-electron chi connectivity index (χ2n) is 7.16. The van der Waals surface area contributed by atoms with Crippen molar-refractivity contribution in [3.05, 3.63) is 92.8 Å². The summed E-state index contributed by atoms with van der Waals surface area (Å²) < 4.78 is 12.1. The van der Waals surface area contributed by atoms with E-state index in [1.807, 2.05) is 67.6 Å². The molecule has 0 aliphatic carbocycles. The smallest absolute Gasteiger partial charge is 0.264 e. The molecule has 0 radical (unpaired) electrons. The van der Waals surface area contributed by atoms with E-state index in [1.54, 1.807) is 12.1 Å². The minimum atomic E-state index is -0.195. The van der Waals surface area contributed by atoms with Crippen LogP contribution < -0.4 is 14.8 Å². The predicted octanol–water partition coefficient (Wildman–Crippen LogP) is 6.19. The summed E-state index contributed by atoms with van der Waals surface area (Å²) >= 11 is 4.82. The molecule has 1 aliphatic rings. The van der Waals surface area contributed by atoms with E-state index < -0.39 is 0 Å². The SMILES string of the molecule is CCOc1ccc(N=C2NC(=O)/C(=C/c3ccc(OCc4ccccc4C#N)c(Br)c3)S2)cc1. The van der Waals surface area contributed by atoms with Gasteiger partial charge in [0.25, 0.3) is 5.91 Å². The van der Waals surface area contributed by atoms with E-state index in [2.05, 4.69) is 32.3 Å². The quantitative estimate of drug-likeness (QED) is 0.366. The molecule has 1 heterocycles. The summed E-state index contributed by atoms with van der Waals surface area (Å²) in [6, 6.07) is 22.5. The van der Waals surface area contributed by atoms with Gasteiger partial charge in [-0.1, -0.05) is 24.3 Å². The summed E-state index contributed by atoms with van der Waals surface area (Å²) in [5.74, 6) is 1.23. The van der Waals surface area contributed by atoms with Crippen LogP contribution in [0.15, 0.2) is 81.1 Å². The fourth-order valence-electron chi connectivity index (χ4n) is 3.17. The van der Waals surface area contributed by atoms with Gasteiger partial charge in [0.05, 0.1) is 33.3 Å². The highest BCUT2D eigenvalue weighted by Crippen LogP contribution is 2.32. The maximum Gasteiger partial charge on any atom is 0.264 e. The predicted molar refractivity (Wildman–Crippen MR) is 138 cm³/mol. The molecule has 3 aromatic carbocycles. The van der Waals surface area contributed by atoms with Crippen molar-refractivity contribution < 1.29 is 14.3 Å². The Hall–Kier alpha value is -3.54. The Morgan fingerprint density at radius 3 is 2.65 bits per heavy atom. The van der Waals surface area contributed by atoms with Crippen LogP contribution in [0.1, 0.15) is 23.6 Å². The van der Waals surface area contributed by atoms with Crippen molar-refractivity contribution in [1.29, 1.82) is 5.26 Å². The monoisotopic (exact) mass is 533 g/mol. The van der Waals surface area contributed by atoms with Crippen molar-refractivity contribution in [2.75, 3.05) is 6.61 Å². The molecular weight excluding hydrogens is 514 g/mol. The van der Waals surface area contributed by atoms with Crippen LogP contribution in [0.2, 0.25) is 0 Å². The van der Waals surface area contributed by atoms with Gasteiger partial charge in [-0.15, -0.1) is 0 Å². The van der Waals surface area contributed by atoms with Gasteiger partial charge in [-0.3, -0.25) is 4.79 Å². The molecule has 3 aromatic rings. The average molecular weight is 534 g/mol. The Balaban J connectivity index is 1.44. The topological polar surface area (TPSA) is 83.7 Å². The number of halogens is 1. The number of benzene rings is 3. The number of nitrogens with one attached hydrogen (secondary N) is 1. The van der Waals surface area contributed by atoms with Crippen LogP contribution in [-0.2, 0) is 11.4 Å². The van der Waals surface area contributed by atoms with Crippen molar-refractivity contribution in [2.45, 2.75) is 13.5 Å². The molecule has 170 valence electrons. The Morgan fingerprint density at radius 2 is 1.91 bits per heavy atom. The first-order valence-electron chi connectivity index (χ1n) is 10.5. The maximum absolute atomic E-state index is 12.4. The molecule has 1 amide bonds. The van der Waals surface area contributed by atoms with Crippen LogP contribution >= 0.6 is 27.7 Å². The molecule has 6 nitrogen and oxygen atoms in total. The number of thioether (sulfide) groups is 1. The lowest BCUT2D eigenvalue weighted by Gasteiger charge is -2.10. The lowest BCUT2D eigenvalue weighted by atomic mass is 10.1. The fraction of sp³-hybridized carbons (Fsp3) is 0.115. The second kappa shape index (κ2) is 11.1. The second-order valence-corrected chi connectivity index (χ2v) is 9.04.